The summed E-state index contributed by atoms with van der Waals surface area (Å²) in [5.41, 5.74) is 1.23. The molecule has 0 saturated heterocycles. The molecule has 0 radical (unpaired) electrons. The summed E-state index contributed by atoms with van der Waals surface area (Å²) in [6.07, 6.45) is 1.41. The van der Waals surface area contributed by atoms with Crippen LogP contribution in [0.3, 0.4) is 0 Å². The van der Waals surface area contributed by atoms with Gasteiger partial charge in [0.25, 0.3) is 5.56 Å². The Bertz CT molecular complexity index is 842. The lowest BCUT2D eigenvalue weighted by Crippen LogP contribution is -2.31. The van der Waals surface area contributed by atoms with E-state index in [0.29, 0.717) is 12.2 Å². The number of amides is 1. The van der Waals surface area contributed by atoms with Crippen LogP contribution in [-0.2, 0) is 17.9 Å². The van der Waals surface area contributed by atoms with Crippen LogP contribution >= 0.6 is 11.3 Å². The summed E-state index contributed by atoms with van der Waals surface area (Å²) in [6.45, 7) is 0.438. The third-order valence-electron chi connectivity index (χ3n) is 3.30. The van der Waals surface area contributed by atoms with E-state index in [1.165, 1.54) is 17.0 Å². The van der Waals surface area contributed by atoms with E-state index in [1.54, 1.807) is 11.3 Å². The molecule has 0 bridgehead atoms. The first kappa shape index (κ1) is 15.2. The highest BCUT2D eigenvalue weighted by atomic mass is 32.1. The largest absolute Gasteiger partial charge is 0.350 e. The van der Waals surface area contributed by atoms with Gasteiger partial charge in [0, 0.05) is 16.5 Å². The van der Waals surface area contributed by atoms with E-state index in [1.807, 2.05) is 47.8 Å². The summed E-state index contributed by atoms with van der Waals surface area (Å²) in [5.74, 6) is -0.213. The maximum absolute atomic E-state index is 12.1. The molecule has 2 heterocycles. The van der Waals surface area contributed by atoms with Gasteiger partial charge in [0.15, 0.2) is 0 Å². The van der Waals surface area contributed by atoms with Crippen LogP contribution in [0.2, 0.25) is 0 Å². The Kier molecular flexibility index (Phi) is 4.63. The van der Waals surface area contributed by atoms with Crippen molar-refractivity contribution in [3.63, 3.8) is 0 Å². The second kappa shape index (κ2) is 7.02. The van der Waals surface area contributed by atoms with E-state index in [-0.39, 0.29) is 18.0 Å². The van der Waals surface area contributed by atoms with E-state index >= 15 is 0 Å². The number of nitrogens with zero attached hydrogens (tertiary/aromatic N) is 2. The van der Waals surface area contributed by atoms with Crippen LogP contribution in [-0.4, -0.2) is 15.5 Å². The highest BCUT2D eigenvalue weighted by molar-refractivity contribution is 7.09. The highest BCUT2D eigenvalue weighted by Crippen LogP contribution is 2.13. The van der Waals surface area contributed by atoms with Crippen molar-refractivity contribution >= 4 is 17.2 Å². The molecule has 0 aliphatic rings. The van der Waals surface area contributed by atoms with E-state index in [0.717, 1.165) is 10.4 Å². The molecule has 0 aliphatic heterocycles. The molecule has 1 aromatic carbocycles. The van der Waals surface area contributed by atoms with Crippen molar-refractivity contribution in [2.75, 3.05) is 0 Å². The lowest BCUT2D eigenvalue weighted by molar-refractivity contribution is -0.121. The zero-order chi connectivity index (χ0) is 16.1. The standard InChI is InChI=1S/C17H15N3O2S/c21-16(18-10-14-7-4-8-23-14)11-20-12-19-15(9-17(20)22)13-5-2-1-3-6-13/h1-9,12H,10-11H2,(H,18,21). The number of hydrogen-bond donors (Lipinski definition) is 1. The van der Waals surface area contributed by atoms with Gasteiger partial charge in [-0.2, -0.15) is 0 Å². The van der Waals surface area contributed by atoms with Crippen molar-refractivity contribution in [2.24, 2.45) is 0 Å². The molecular weight excluding hydrogens is 310 g/mol. The van der Waals surface area contributed by atoms with Crippen LogP contribution in [0, 0.1) is 0 Å². The van der Waals surface area contributed by atoms with E-state index in [2.05, 4.69) is 10.3 Å². The monoisotopic (exact) mass is 325 g/mol. The predicted octanol–water partition coefficient (Wildman–Crippen LogP) is 2.29. The third kappa shape index (κ3) is 3.92. The number of nitrogens with one attached hydrogen (secondary N) is 1. The van der Waals surface area contributed by atoms with Gasteiger partial charge in [0.2, 0.25) is 5.91 Å². The van der Waals surface area contributed by atoms with Crippen molar-refractivity contribution in [3.05, 3.63) is 75.5 Å². The smallest absolute Gasteiger partial charge is 0.254 e. The van der Waals surface area contributed by atoms with Crippen LogP contribution in [0.4, 0.5) is 0 Å². The molecule has 0 spiro atoms. The third-order valence-corrected chi connectivity index (χ3v) is 4.18. The fourth-order valence-corrected chi connectivity index (χ4v) is 2.77. The van der Waals surface area contributed by atoms with Gasteiger partial charge in [-0.1, -0.05) is 36.4 Å². The number of hydrogen-bond acceptors (Lipinski definition) is 4. The van der Waals surface area contributed by atoms with Gasteiger partial charge in [0.05, 0.1) is 18.6 Å². The molecule has 6 heteroatoms. The van der Waals surface area contributed by atoms with Gasteiger partial charge < -0.3 is 5.32 Å². The van der Waals surface area contributed by atoms with Gasteiger partial charge >= 0.3 is 0 Å². The molecule has 0 saturated carbocycles. The number of aromatic nitrogens is 2. The van der Waals surface area contributed by atoms with Crippen molar-refractivity contribution in [3.8, 4) is 11.3 Å². The minimum atomic E-state index is -0.245. The molecule has 5 nitrogen and oxygen atoms in total. The van der Waals surface area contributed by atoms with Crippen LogP contribution in [0.15, 0.2) is 65.0 Å². The van der Waals surface area contributed by atoms with Crippen LogP contribution in [0.1, 0.15) is 4.88 Å². The summed E-state index contributed by atoms with van der Waals surface area (Å²) in [4.78, 5) is 29.4. The second-order valence-electron chi connectivity index (χ2n) is 4.96. The fraction of sp³-hybridized carbons (Fsp3) is 0.118. The summed E-state index contributed by atoms with van der Waals surface area (Å²) < 4.78 is 1.30. The lowest BCUT2D eigenvalue weighted by Gasteiger charge is -2.07. The summed E-state index contributed by atoms with van der Waals surface area (Å²) in [6, 6.07) is 14.8. The SMILES string of the molecule is O=C(Cn1cnc(-c2ccccc2)cc1=O)NCc1cccs1. The molecule has 1 amide bonds. The van der Waals surface area contributed by atoms with Crippen molar-refractivity contribution in [1.82, 2.24) is 14.9 Å². The molecule has 0 unspecified atom stereocenters. The van der Waals surface area contributed by atoms with Gasteiger partial charge in [-0.05, 0) is 11.4 Å². The van der Waals surface area contributed by atoms with E-state index in [9.17, 15) is 9.59 Å². The van der Waals surface area contributed by atoms with E-state index in [4.69, 9.17) is 0 Å². The van der Waals surface area contributed by atoms with E-state index < -0.39 is 0 Å². The van der Waals surface area contributed by atoms with Crippen LogP contribution in [0.25, 0.3) is 11.3 Å². The molecule has 2 aromatic heterocycles. The Balaban J connectivity index is 1.66. The summed E-state index contributed by atoms with van der Waals surface area (Å²) in [5, 5.41) is 4.75. The van der Waals surface area contributed by atoms with Gasteiger partial charge in [0.1, 0.15) is 6.54 Å². The molecule has 116 valence electrons. The average molecular weight is 325 g/mol. The Morgan fingerprint density at radius 3 is 2.70 bits per heavy atom. The molecule has 0 aliphatic carbocycles. The molecule has 3 aromatic rings. The number of benzene rings is 1. The van der Waals surface area contributed by atoms with Crippen LogP contribution in [0.5, 0.6) is 0 Å². The van der Waals surface area contributed by atoms with Crippen molar-refractivity contribution < 1.29 is 4.79 Å². The predicted molar refractivity (Wildman–Crippen MR) is 90.1 cm³/mol. The Morgan fingerprint density at radius 1 is 1.17 bits per heavy atom. The normalized spacial score (nSPS) is 10.4. The number of thiophene rings is 1. The van der Waals surface area contributed by atoms with Crippen molar-refractivity contribution in [2.45, 2.75) is 13.1 Å². The first-order valence-electron chi connectivity index (χ1n) is 7.13. The van der Waals surface area contributed by atoms with Gasteiger partial charge in [-0.15, -0.1) is 11.3 Å². The topological polar surface area (TPSA) is 64.0 Å². The van der Waals surface area contributed by atoms with Crippen LogP contribution < -0.4 is 10.9 Å². The highest BCUT2D eigenvalue weighted by Gasteiger charge is 2.07. The van der Waals surface area contributed by atoms with Gasteiger partial charge in [-0.3, -0.25) is 14.2 Å². The minimum absolute atomic E-state index is 0.0354. The average Bonchev–Trinajstić information content (AvgIpc) is 3.09. The maximum atomic E-state index is 12.1. The molecule has 3 rings (SSSR count). The number of carbonyl (C=O) groups is 1. The first-order valence-corrected chi connectivity index (χ1v) is 8.01. The molecule has 1 N–H and O–H groups in total. The summed E-state index contributed by atoms with van der Waals surface area (Å²) in [7, 11) is 0. The lowest BCUT2D eigenvalue weighted by atomic mass is 10.1. The maximum Gasteiger partial charge on any atom is 0.254 e. The zero-order valence-electron chi connectivity index (χ0n) is 12.3. The summed E-state index contributed by atoms with van der Waals surface area (Å²) >= 11 is 1.58. The van der Waals surface area contributed by atoms with Crippen molar-refractivity contribution in [1.29, 1.82) is 0 Å². The fourth-order valence-electron chi connectivity index (χ4n) is 2.12. The zero-order valence-corrected chi connectivity index (χ0v) is 13.1. The minimum Gasteiger partial charge on any atom is -0.350 e. The molecule has 0 fully saturated rings. The Morgan fingerprint density at radius 2 is 2.00 bits per heavy atom. The second-order valence-corrected chi connectivity index (χ2v) is 5.99. The quantitative estimate of drug-likeness (QED) is 0.783. The molecule has 23 heavy (non-hydrogen) atoms. The Labute approximate surface area is 137 Å². The first-order chi connectivity index (χ1) is 11.2. The molecular formula is C17H15N3O2S. The van der Waals surface area contributed by atoms with Gasteiger partial charge in [-0.25, -0.2) is 4.98 Å². The number of rotatable bonds is 5. The number of carbonyl (C=O) groups excluding carboxylic acids is 1. The molecule has 0 atom stereocenters. The Hall–Kier alpha value is -2.73.